The van der Waals surface area contributed by atoms with E-state index in [1.807, 2.05) is 43.5 Å². The second-order valence-electron chi connectivity index (χ2n) is 7.51. The van der Waals surface area contributed by atoms with Crippen LogP contribution in [0.15, 0.2) is 53.9 Å². The van der Waals surface area contributed by atoms with E-state index in [-0.39, 0.29) is 19.1 Å². The Morgan fingerprint density at radius 2 is 1.85 bits per heavy atom. The number of aryl methyl sites for hydroxylation is 2. The highest BCUT2D eigenvalue weighted by atomic mass is 32.1. The number of anilines is 1. The third kappa shape index (κ3) is 5.32. The summed E-state index contributed by atoms with van der Waals surface area (Å²) in [7, 11) is 0. The van der Waals surface area contributed by atoms with Gasteiger partial charge in [0.2, 0.25) is 0 Å². The van der Waals surface area contributed by atoms with Gasteiger partial charge in [-0.3, -0.25) is 4.79 Å². The highest BCUT2D eigenvalue weighted by molar-refractivity contribution is 7.15. The highest BCUT2D eigenvalue weighted by Crippen LogP contribution is 2.36. The van der Waals surface area contributed by atoms with Crippen molar-refractivity contribution in [3.05, 3.63) is 82.0 Å². The summed E-state index contributed by atoms with van der Waals surface area (Å²) in [5, 5.41) is 5.17. The number of aromatic nitrogens is 2. The van der Waals surface area contributed by atoms with Crippen LogP contribution in [-0.4, -0.2) is 27.2 Å². The van der Waals surface area contributed by atoms with Crippen molar-refractivity contribution in [3.8, 4) is 16.9 Å². The summed E-state index contributed by atoms with van der Waals surface area (Å²) in [6.45, 7) is 6.14. The first kappa shape index (κ1) is 23.6. The van der Waals surface area contributed by atoms with Crippen molar-refractivity contribution in [2.24, 2.45) is 0 Å². The number of esters is 1. The maximum Gasteiger partial charge on any atom is 0.341 e. The average molecular weight is 494 g/mol. The quantitative estimate of drug-likeness (QED) is 0.308. The summed E-state index contributed by atoms with van der Waals surface area (Å²) < 4.78 is 19.4. The molecule has 1 N–H and O–H groups in total. The number of rotatable bonds is 8. The lowest BCUT2D eigenvalue weighted by Crippen LogP contribution is -2.15. The zero-order valence-electron chi connectivity index (χ0n) is 19.0. The molecule has 4 rings (SSSR count). The van der Waals surface area contributed by atoms with E-state index in [2.05, 4.69) is 14.1 Å². The van der Waals surface area contributed by atoms with Crippen LogP contribution in [0.5, 0.6) is 5.75 Å². The molecule has 0 aliphatic rings. The fourth-order valence-corrected chi connectivity index (χ4v) is 4.74. The topological polar surface area (TPSA) is 90.4 Å². The Balaban J connectivity index is 1.56. The molecule has 34 heavy (non-hydrogen) atoms. The predicted octanol–water partition coefficient (Wildman–Crippen LogP) is 5.89. The fraction of sp³-hybridized carbons (Fsp3) is 0.200. The third-order valence-corrected chi connectivity index (χ3v) is 6.63. The van der Waals surface area contributed by atoms with Crippen molar-refractivity contribution in [2.75, 3.05) is 11.9 Å². The van der Waals surface area contributed by atoms with Gasteiger partial charge in [0.15, 0.2) is 0 Å². The first-order valence-electron chi connectivity index (χ1n) is 10.6. The minimum absolute atomic E-state index is 0.239. The van der Waals surface area contributed by atoms with Gasteiger partial charge in [0, 0.05) is 16.5 Å². The standard InChI is InChI=1S/C25H23N3O4S2/c1-4-31-25(30)22-20(17-10-8-15(2)9-11-17)14-33-24(22)26-23(29)18-6-5-7-19(12-18)32-13-21-16(3)27-34-28-21/h5-12,14H,4,13H2,1-3H3,(H,26,29). The molecule has 0 spiro atoms. The lowest BCUT2D eigenvalue weighted by atomic mass is 10.0. The number of carbonyl (C=O) groups excluding carboxylic acids is 2. The first-order chi connectivity index (χ1) is 16.5. The molecule has 0 radical (unpaired) electrons. The van der Waals surface area contributed by atoms with Gasteiger partial charge in [-0.05, 0) is 44.5 Å². The second-order valence-corrected chi connectivity index (χ2v) is 8.92. The number of hydrogen-bond acceptors (Lipinski definition) is 8. The van der Waals surface area contributed by atoms with E-state index in [1.165, 1.54) is 11.3 Å². The minimum atomic E-state index is -0.473. The number of amides is 1. The Labute approximate surface area is 205 Å². The zero-order chi connectivity index (χ0) is 24.1. The van der Waals surface area contributed by atoms with Crippen LogP contribution in [0.4, 0.5) is 5.00 Å². The third-order valence-electron chi connectivity index (χ3n) is 5.08. The molecule has 7 nitrogen and oxygen atoms in total. The van der Waals surface area contributed by atoms with E-state index in [1.54, 1.807) is 31.2 Å². The number of thiophene rings is 1. The zero-order valence-corrected chi connectivity index (χ0v) is 20.6. The molecule has 2 aromatic carbocycles. The molecule has 2 aromatic heterocycles. The SMILES string of the molecule is CCOC(=O)c1c(-c2ccc(C)cc2)csc1NC(=O)c1cccc(OCc2nsnc2C)c1. The molecule has 0 aliphatic carbocycles. The maximum atomic E-state index is 13.0. The summed E-state index contributed by atoms with van der Waals surface area (Å²) in [6, 6.07) is 14.7. The number of ether oxygens (including phenoxy) is 2. The van der Waals surface area contributed by atoms with Crippen molar-refractivity contribution in [1.82, 2.24) is 8.75 Å². The lowest BCUT2D eigenvalue weighted by Gasteiger charge is -2.10. The monoisotopic (exact) mass is 493 g/mol. The van der Waals surface area contributed by atoms with Crippen molar-refractivity contribution in [2.45, 2.75) is 27.4 Å². The van der Waals surface area contributed by atoms with Crippen LogP contribution in [0.25, 0.3) is 11.1 Å². The van der Waals surface area contributed by atoms with E-state index in [0.29, 0.717) is 21.9 Å². The van der Waals surface area contributed by atoms with Crippen molar-refractivity contribution in [3.63, 3.8) is 0 Å². The van der Waals surface area contributed by atoms with E-state index in [9.17, 15) is 9.59 Å². The Hall–Kier alpha value is -3.56. The Morgan fingerprint density at radius 1 is 1.06 bits per heavy atom. The summed E-state index contributed by atoms with van der Waals surface area (Å²) in [5.41, 5.74) is 5.08. The molecule has 0 fully saturated rings. The van der Waals surface area contributed by atoms with Crippen LogP contribution in [0.3, 0.4) is 0 Å². The molecule has 9 heteroatoms. The molecule has 0 saturated heterocycles. The van der Waals surface area contributed by atoms with Crippen LogP contribution in [0.2, 0.25) is 0 Å². The van der Waals surface area contributed by atoms with Crippen LogP contribution < -0.4 is 10.1 Å². The normalized spacial score (nSPS) is 10.7. The molecule has 4 aromatic rings. The van der Waals surface area contributed by atoms with E-state index in [4.69, 9.17) is 9.47 Å². The van der Waals surface area contributed by atoms with E-state index >= 15 is 0 Å². The Bertz CT molecular complexity index is 1310. The second kappa shape index (κ2) is 10.6. The number of benzene rings is 2. The smallest absolute Gasteiger partial charge is 0.341 e. The van der Waals surface area contributed by atoms with Gasteiger partial charge in [0.25, 0.3) is 5.91 Å². The van der Waals surface area contributed by atoms with Crippen molar-refractivity contribution < 1.29 is 19.1 Å². The van der Waals surface area contributed by atoms with Gasteiger partial charge >= 0.3 is 5.97 Å². The molecule has 0 bridgehead atoms. The van der Waals surface area contributed by atoms with Crippen LogP contribution >= 0.6 is 23.1 Å². The molecule has 2 heterocycles. The summed E-state index contributed by atoms with van der Waals surface area (Å²) in [6.07, 6.45) is 0. The molecule has 1 amide bonds. The van der Waals surface area contributed by atoms with Gasteiger partial charge in [-0.25, -0.2) is 4.79 Å². The van der Waals surface area contributed by atoms with Gasteiger partial charge in [0.1, 0.15) is 28.6 Å². The minimum Gasteiger partial charge on any atom is -0.487 e. The summed E-state index contributed by atoms with van der Waals surface area (Å²) >= 11 is 2.43. The molecule has 0 saturated carbocycles. The lowest BCUT2D eigenvalue weighted by molar-refractivity contribution is 0.0529. The fourth-order valence-electron chi connectivity index (χ4n) is 3.24. The van der Waals surface area contributed by atoms with Gasteiger partial charge in [-0.2, -0.15) is 8.75 Å². The number of carbonyl (C=O) groups is 2. The molecule has 0 aliphatic heterocycles. The van der Waals surface area contributed by atoms with Crippen molar-refractivity contribution >= 4 is 39.9 Å². The Morgan fingerprint density at radius 3 is 2.56 bits per heavy atom. The average Bonchev–Trinajstić information content (AvgIpc) is 3.44. The first-order valence-corrected chi connectivity index (χ1v) is 12.2. The van der Waals surface area contributed by atoms with Gasteiger partial charge in [-0.15, -0.1) is 11.3 Å². The summed E-state index contributed by atoms with van der Waals surface area (Å²) in [5.74, 6) is -0.282. The van der Waals surface area contributed by atoms with Crippen molar-refractivity contribution in [1.29, 1.82) is 0 Å². The molecule has 0 atom stereocenters. The van der Waals surface area contributed by atoms with Crippen LogP contribution in [-0.2, 0) is 11.3 Å². The molecular weight excluding hydrogens is 470 g/mol. The van der Waals surface area contributed by atoms with E-state index in [0.717, 1.165) is 39.8 Å². The van der Waals surface area contributed by atoms with Gasteiger partial charge in [0.05, 0.1) is 24.0 Å². The number of nitrogens with one attached hydrogen (secondary N) is 1. The molecule has 174 valence electrons. The van der Waals surface area contributed by atoms with Crippen LogP contribution in [0, 0.1) is 13.8 Å². The van der Waals surface area contributed by atoms with Gasteiger partial charge < -0.3 is 14.8 Å². The predicted molar refractivity (Wildman–Crippen MR) is 134 cm³/mol. The Kier molecular flexibility index (Phi) is 7.34. The maximum absolute atomic E-state index is 13.0. The highest BCUT2D eigenvalue weighted by Gasteiger charge is 2.23. The number of hydrogen-bond donors (Lipinski definition) is 1. The summed E-state index contributed by atoms with van der Waals surface area (Å²) in [4.78, 5) is 25.8. The van der Waals surface area contributed by atoms with Gasteiger partial charge in [-0.1, -0.05) is 35.9 Å². The number of nitrogens with zero attached hydrogens (tertiary/aromatic N) is 2. The molecule has 0 unspecified atom stereocenters. The van der Waals surface area contributed by atoms with Crippen LogP contribution in [0.1, 0.15) is 44.6 Å². The largest absolute Gasteiger partial charge is 0.487 e. The van der Waals surface area contributed by atoms with E-state index < -0.39 is 5.97 Å². The molecular formula is C25H23N3O4S2.